The van der Waals surface area contributed by atoms with Crippen molar-refractivity contribution < 1.29 is 5.11 Å². The van der Waals surface area contributed by atoms with E-state index in [0.717, 1.165) is 0 Å². The Hall–Kier alpha value is -0.440. The molecule has 0 spiro atoms. The van der Waals surface area contributed by atoms with Gasteiger partial charge in [0.05, 0.1) is 16.7 Å². The number of nitriles is 1. The number of rotatable bonds is 2. The number of aliphatic hydroxyl groups is 1. The van der Waals surface area contributed by atoms with Crippen molar-refractivity contribution in [2.45, 2.75) is 0 Å². The van der Waals surface area contributed by atoms with Gasteiger partial charge in [0.15, 0.2) is 0 Å². The molecule has 1 rings (SSSR count). The van der Waals surface area contributed by atoms with Gasteiger partial charge in [0, 0.05) is 15.0 Å². The molecule has 0 aromatic heterocycles. The van der Waals surface area contributed by atoms with Crippen LogP contribution in [-0.2, 0) is 0 Å². The van der Waals surface area contributed by atoms with Crippen molar-refractivity contribution in [2.75, 3.05) is 4.43 Å². The van der Waals surface area contributed by atoms with Gasteiger partial charge in [-0.05, 0) is 18.2 Å². The second-order valence-electron chi connectivity index (χ2n) is 2.70. The van der Waals surface area contributed by atoms with Gasteiger partial charge in [0.1, 0.15) is 5.76 Å². The molecule has 0 saturated heterocycles. The van der Waals surface area contributed by atoms with Gasteiger partial charge in [-0.2, -0.15) is 5.26 Å². The summed E-state index contributed by atoms with van der Waals surface area (Å²) in [6.07, 6.45) is 0. The molecule has 78 valence electrons. The Morgan fingerprint density at radius 2 is 2.13 bits per heavy atom. The first-order valence-corrected chi connectivity index (χ1v) is 6.22. The average molecular weight is 354 g/mol. The van der Waals surface area contributed by atoms with Crippen LogP contribution in [0.3, 0.4) is 0 Å². The number of allylic oxidation sites excluding steroid dienone is 1. The van der Waals surface area contributed by atoms with E-state index in [1.54, 1.807) is 12.1 Å². The molecule has 0 aliphatic heterocycles. The number of hydrogen-bond donors (Lipinski definition) is 1. The van der Waals surface area contributed by atoms with Crippen LogP contribution >= 0.6 is 45.8 Å². The lowest BCUT2D eigenvalue weighted by Crippen LogP contribution is -1.91. The summed E-state index contributed by atoms with van der Waals surface area (Å²) in [6, 6.07) is 6.65. The maximum Gasteiger partial charge on any atom is 0.138 e. The van der Waals surface area contributed by atoms with E-state index in [4.69, 9.17) is 28.5 Å². The molecule has 1 N–H and O–H groups in total. The van der Waals surface area contributed by atoms with Crippen molar-refractivity contribution in [2.24, 2.45) is 0 Å². The van der Waals surface area contributed by atoms with Gasteiger partial charge in [0.2, 0.25) is 0 Å². The van der Waals surface area contributed by atoms with Crippen LogP contribution in [0.25, 0.3) is 5.76 Å². The minimum Gasteiger partial charge on any atom is -0.506 e. The number of hydrogen-bond acceptors (Lipinski definition) is 2. The zero-order valence-electron chi connectivity index (χ0n) is 7.47. The van der Waals surface area contributed by atoms with Gasteiger partial charge in [-0.1, -0.05) is 45.8 Å². The van der Waals surface area contributed by atoms with E-state index in [9.17, 15) is 5.11 Å². The SMILES string of the molecule is N#C/C(CI)=C(\O)c1ccc(Cl)cc1Cl. The van der Waals surface area contributed by atoms with Crippen LogP contribution in [0.1, 0.15) is 5.56 Å². The smallest absolute Gasteiger partial charge is 0.138 e. The van der Waals surface area contributed by atoms with Gasteiger partial charge in [-0.3, -0.25) is 0 Å². The highest BCUT2D eigenvalue weighted by molar-refractivity contribution is 14.1. The van der Waals surface area contributed by atoms with E-state index < -0.39 is 0 Å². The zero-order valence-corrected chi connectivity index (χ0v) is 11.1. The Labute approximate surface area is 111 Å². The first-order valence-electron chi connectivity index (χ1n) is 3.93. The fraction of sp³-hybridized carbons (Fsp3) is 0.100. The molecule has 0 bridgehead atoms. The highest BCUT2D eigenvalue weighted by Gasteiger charge is 2.10. The molecule has 15 heavy (non-hydrogen) atoms. The lowest BCUT2D eigenvalue weighted by atomic mass is 10.1. The van der Waals surface area contributed by atoms with Crippen LogP contribution in [0.4, 0.5) is 0 Å². The van der Waals surface area contributed by atoms with Crippen molar-refractivity contribution in [1.82, 2.24) is 0 Å². The first-order chi connectivity index (χ1) is 7.10. The molecule has 0 unspecified atom stereocenters. The molecular weight excluding hydrogens is 348 g/mol. The van der Waals surface area contributed by atoms with Crippen molar-refractivity contribution in [1.29, 1.82) is 5.26 Å². The number of aliphatic hydroxyl groups excluding tert-OH is 1. The predicted molar refractivity (Wildman–Crippen MR) is 70.5 cm³/mol. The monoisotopic (exact) mass is 353 g/mol. The molecule has 0 aliphatic carbocycles. The number of alkyl halides is 1. The number of halogens is 3. The largest absolute Gasteiger partial charge is 0.506 e. The molecule has 0 heterocycles. The summed E-state index contributed by atoms with van der Waals surface area (Å²) >= 11 is 13.6. The summed E-state index contributed by atoms with van der Waals surface area (Å²) in [4.78, 5) is 0. The number of benzene rings is 1. The molecule has 0 radical (unpaired) electrons. The maximum atomic E-state index is 9.78. The van der Waals surface area contributed by atoms with Gasteiger partial charge < -0.3 is 5.11 Å². The summed E-state index contributed by atoms with van der Waals surface area (Å²) in [6.45, 7) is 0. The highest BCUT2D eigenvalue weighted by Crippen LogP contribution is 2.27. The van der Waals surface area contributed by atoms with Crippen molar-refractivity contribution in [3.05, 3.63) is 39.4 Å². The van der Waals surface area contributed by atoms with Gasteiger partial charge in [-0.25, -0.2) is 0 Å². The van der Waals surface area contributed by atoms with E-state index in [0.29, 0.717) is 25.6 Å². The van der Waals surface area contributed by atoms with Gasteiger partial charge in [-0.15, -0.1) is 0 Å². The Bertz CT molecular complexity index is 451. The summed E-state index contributed by atoms with van der Waals surface area (Å²) in [7, 11) is 0. The lowest BCUT2D eigenvalue weighted by Gasteiger charge is -2.05. The Morgan fingerprint density at radius 1 is 1.47 bits per heavy atom. The fourth-order valence-electron chi connectivity index (χ4n) is 0.990. The highest BCUT2D eigenvalue weighted by atomic mass is 127. The summed E-state index contributed by atoms with van der Waals surface area (Å²) in [5.74, 6) is -0.0893. The van der Waals surface area contributed by atoms with Crippen LogP contribution in [0.5, 0.6) is 0 Å². The van der Waals surface area contributed by atoms with Crippen molar-refractivity contribution in [3.8, 4) is 6.07 Å². The van der Waals surface area contributed by atoms with Crippen molar-refractivity contribution >= 4 is 51.6 Å². The van der Waals surface area contributed by atoms with Crippen LogP contribution in [0.15, 0.2) is 23.8 Å². The second kappa shape index (κ2) is 5.59. The Balaban J connectivity index is 3.29. The molecule has 0 atom stereocenters. The summed E-state index contributed by atoms with van der Waals surface area (Å²) in [5, 5.41) is 19.4. The Morgan fingerprint density at radius 3 is 2.60 bits per heavy atom. The fourth-order valence-corrected chi connectivity index (χ4v) is 2.02. The standard InChI is InChI=1S/C10H6Cl2INO/c11-7-1-2-8(9(12)3-7)10(15)6(4-13)5-14/h1-3,15H,4H2/b10-6-. The molecule has 1 aromatic rings. The third kappa shape index (κ3) is 3.00. The zero-order chi connectivity index (χ0) is 11.4. The lowest BCUT2D eigenvalue weighted by molar-refractivity contribution is 0.509. The molecule has 0 amide bonds. The minimum atomic E-state index is -0.0893. The van der Waals surface area contributed by atoms with Crippen molar-refractivity contribution in [3.63, 3.8) is 0 Å². The molecule has 0 saturated carbocycles. The van der Waals surface area contributed by atoms with Gasteiger partial charge >= 0.3 is 0 Å². The quantitative estimate of drug-likeness (QED) is 0.374. The molecular formula is C10H6Cl2INO. The molecule has 5 heteroatoms. The van der Waals surface area contributed by atoms with Gasteiger partial charge in [0.25, 0.3) is 0 Å². The van der Waals surface area contributed by atoms with E-state index in [2.05, 4.69) is 0 Å². The van der Waals surface area contributed by atoms with Crippen LogP contribution in [0, 0.1) is 11.3 Å². The summed E-state index contributed by atoms with van der Waals surface area (Å²) < 4.78 is 0.430. The third-order valence-electron chi connectivity index (χ3n) is 1.74. The van der Waals surface area contributed by atoms with E-state index in [1.165, 1.54) is 6.07 Å². The van der Waals surface area contributed by atoms with Crippen LogP contribution in [-0.4, -0.2) is 9.53 Å². The molecule has 0 aliphatic rings. The normalized spacial score (nSPS) is 11.9. The van der Waals surface area contributed by atoms with E-state index in [-0.39, 0.29) is 5.76 Å². The molecule has 2 nitrogen and oxygen atoms in total. The maximum absolute atomic E-state index is 9.78. The van der Waals surface area contributed by atoms with E-state index in [1.807, 2.05) is 28.7 Å². The predicted octanol–water partition coefficient (Wildman–Crippen LogP) is 4.22. The first kappa shape index (κ1) is 12.6. The minimum absolute atomic E-state index is 0.0893. The van der Waals surface area contributed by atoms with Crippen LogP contribution < -0.4 is 0 Å². The topological polar surface area (TPSA) is 44.0 Å². The average Bonchev–Trinajstić information content (AvgIpc) is 2.19. The summed E-state index contributed by atoms with van der Waals surface area (Å²) in [5.41, 5.74) is 0.717. The molecule has 0 fully saturated rings. The molecule has 1 aromatic carbocycles. The Kier molecular flexibility index (Phi) is 4.71. The van der Waals surface area contributed by atoms with E-state index >= 15 is 0 Å². The third-order valence-corrected chi connectivity index (χ3v) is 3.05. The van der Waals surface area contributed by atoms with Crippen LogP contribution in [0.2, 0.25) is 10.0 Å². The second-order valence-corrected chi connectivity index (χ2v) is 4.30. The number of nitrogens with zero attached hydrogens (tertiary/aromatic N) is 1.